The first kappa shape index (κ1) is 21.9. The molecule has 0 unspecified atom stereocenters. The summed E-state index contributed by atoms with van der Waals surface area (Å²) in [5, 5.41) is 7.91. The minimum absolute atomic E-state index is 0.0553. The SMILES string of the molecule is CC(=O)Nc1cccc(CNC(=O)c2cc(NC(C)=O)ccc2NS(C)(=O)=O)c1. The number of carbonyl (C=O) groups is 3. The highest BCUT2D eigenvalue weighted by Crippen LogP contribution is 2.22. The van der Waals surface area contributed by atoms with Crippen LogP contribution in [-0.2, 0) is 26.2 Å². The van der Waals surface area contributed by atoms with E-state index >= 15 is 0 Å². The summed E-state index contributed by atoms with van der Waals surface area (Å²) in [5.41, 5.74) is 1.83. The van der Waals surface area contributed by atoms with Crippen molar-refractivity contribution in [1.82, 2.24) is 5.32 Å². The summed E-state index contributed by atoms with van der Waals surface area (Å²) in [6.45, 7) is 2.87. The number of anilines is 3. The molecule has 0 atom stereocenters. The van der Waals surface area contributed by atoms with Gasteiger partial charge in [0.05, 0.1) is 17.5 Å². The zero-order valence-corrected chi connectivity index (χ0v) is 17.0. The number of sulfonamides is 1. The zero-order valence-electron chi connectivity index (χ0n) is 16.2. The highest BCUT2D eigenvalue weighted by atomic mass is 32.2. The summed E-state index contributed by atoms with van der Waals surface area (Å²) < 4.78 is 25.5. The fourth-order valence-corrected chi connectivity index (χ4v) is 3.12. The molecule has 0 aliphatic carbocycles. The minimum Gasteiger partial charge on any atom is -0.348 e. The topological polar surface area (TPSA) is 133 Å². The van der Waals surface area contributed by atoms with Crippen LogP contribution >= 0.6 is 0 Å². The Morgan fingerprint density at radius 1 is 0.897 bits per heavy atom. The van der Waals surface area contributed by atoms with Crippen LogP contribution < -0.4 is 20.7 Å². The molecule has 29 heavy (non-hydrogen) atoms. The molecule has 2 aromatic carbocycles. The van der Waals surface area contributed by atoms with Crippen molar-refractivity contribution in [2.75, 3.05) is 21.6 Å². The number of rotatable bonds is 7. The van der Waals surface area contributed by atoms with E-state index in [2.05, 4.69) is 20.7 Å². The molecule has 0 bridgehead atoms. The van der Waals surface area contributed by atoms with Crippen LogP contribution in [0, 0.1) is 0 Å². The summed E-state index contributed by atoms with van der Waals surface area (Å²) in [6, 6.07) is 11.2. The number of benzene rings is 2. The molecule has 3 amide bonds. The second kappa shape index (κ2) is 9.20. The summed E-state index contributed by atoms with van der Waals surface area (Å²) in [5.74, 6) is -1.07. The van der Waals surface area contributed by atoms with Crippen molar-refractivity contribution in [2.24, 2.45) is 0 Å². The molecular weight excluding hydrogens is 396 g/mol. The molecule has 0 fully saturated rings. The van der Waals surface area contributed by atoms with Crippen LogP contribution in [0.15, 0.2) is 42.5 Å². The first-order chi connectivity index (χ1) is 13.5. The van der Waals surface area contributed by atoms with Gasteiger partial charge in [-0.15, -0.1) is 0 Å². The van der Waals surface area contributed by atoms with E-state index in [1.165, 1.54) is 32.0 Å². The van der Waals surface area contributed by atoms with Crippen molar-refractivity contribution < 1.29 is 22.8 Å². The molecule has 10 heteroatoms. The zero-order chi connectivity index (χ0) is 21.6. The lowest BCUT2D eigenvalue weighted by molar-refractivity contribution is -0.115. The predicted octanol–water partition coefficient (Wildman–Crippen LogP) is 1.90. The highest BCUT2D eigenvalue weighted by Gasteiger charge is 2.15. The molecule has 0 spiro atoms. The molecule has 0 saturated carbocycles. The van der Waals surface area contributed by atoms with Crippen molar-refractivity contribution in [3.63, 3.8) is 0 Å². The Balaban J connectivity index is 2.23. The Kier molecular flexibility index (Phi) is 6.94. The largest absolute Gasteiger partial charge is 0.348 e. The van der Waals surface area contributed by atoms with E-state index in [9.17, 15) is 22.8 Å². The molecule has 0 saturated heterocycles. The third-order valence-corrected chi connectivity index (χ3v) is 4.17. The molecule has 0 heterocycles. The van der Waals surface area contributed by atoms with Gasteiger partial charge < -0.3 is 16.0 Å². The van der Waals surface area contributed by atoms with Gasteiger partial charge in [0, 0.05) is 31.8 Å². The molecule has 2 rings (SSSR count). The quantitative estimate of drug-likeness (QED) is 0.545. The average molecular weight is 418 g/mol. The monoisotopic (exact) mass is 418 g/mol. The van der Waals surface area contributed by atoms with Gasteiger partial charge in [-0.1, -0.05) is 12.1 Å². The van der Waals surface area contributed by atoms with Gasteiger partial charge >= 0.3 is 0 Å². The summed E-state index contributed by atoms with van der Waals surface area (Å²) in [7, 11) is -3.61. The van der Waals surface area contributed by atoms with E-state index in [-0.39, 0.29) is 29.6 Å². The third-order valence-electron chi connectivity index (χ3n) is 3.58. The van der Waals surface area contributed by atoms with E-state index in [0.29, 0.717) is 11.4 Å². The van der Waals surface area contributed by atoms with Crippen LogP contribution in [0.25, 0.3) is 0 Å². The van der Waals surface area contributed by atoms with Crippen LogP contribution in [0.3, 0.4) is 0 Å². The van der Waals surface area contributed by atoms with Gasteiger partial charge in [0.15, 0.2) is 0 Å². The van der Waals surface area contributed by atoms with Crippen molar-refractivity contribution in [2.45, 2.75) is 20.4 Å². The summed E-state index contributed by atoms with van der Waals surface area (Å²) in [6.07, 6.45) is 0.976. The predicted molar refractivity (Wildman–Crippen MR) is 111 cm³/mol. The smallest absolute Gasteiger partial charge is 0.253 e. The Morgan fingerprint density at radius 2 is 1.52 bits per heavy atom. The molecule has 0 aliphatic rings. The second-order valence-electron chi connectivity index (χ2n) is 6.38. The van der Waals surface area contributed by atoms with Gasteiger partial charge in [-0.25, -0.2) is 8.42 Å². The van der Waals surface area contributed by atoms with Crippen LogP contribution in [0.1, 0.15) is 29.8 Å². The fraction of sp³-hybridized carbons (Fsp3) is 0.211. The molecule has 4 N–H and O–H groups in total. The van der Waals surface area contributed by atoms with Gasteiger partial charge in [0.25, 0.3) is 5.91 Å². The molecule has 9 nitrogen and oxygen atoms in total. The first-order valence-electron chi connectivity index (χ1n) is 8.57. The average Bonchev–Trinajstić information content (AvgIpc) is 2.59. The van der Waals surface area contributed by atoms with Crippen LogP contribution in [0.5, 0.6) is 0 Å². The Labute approximate surface area is 168 Å². The summed E-state index contributed by atoms with van der Waals surface area (Å²) in [4.78, 5) is 35.1. The van der Waals surface area contributed by atoms with E-state index in [4.69, 9.17) is 0 Å². The van der Waals surface area contributed by atoms with Crippen molar-refractivity contribution in [1.29, 1.82) is 0 Å². The van der Waals surface area contributed by atoms with Crippen LogP contribution in [-0.4, -0.2) is 32.4 Å². The Hall–Kier alpha value is -3.40. The molecule has 2 aromatic rings. The van der Waals surface area contributed by atoms with Crippen LogP contribution in [0.4, 0.5) is 17.1 Å². The minimum atomic E-state index is -3.61. The molecule has 154 valence electrons. The fourth-order valence-electron chi connectivity index (χ4n) is 2.54. The highest BCUT2D eigenvalue weighted by molar-refractivity contribution is 7.92. The van der Waals surface area contributed by atoms with E-state index < -0.39 is 15.9 Å². The molecular formula is C19H22N4O5S. The van der Waals surface area contributed by atoms with Crippen molar-refractivity contribution >= 4 is 44.8 Å². The number of nitrogens with one attached hydrogen (secondary N) is 4. The lowest BCUT2D eigenvalue weighted by Gasteiger charge is -2.13. The Morgan fingerprint density at radius 3 is 2.10 bits per heavy atom. The molecule has 0 aromatic heterocycles. The maximum absolute atomic E-state index is 12.7. The number of carbonyl (C=O) groups excluding carboxylic acids is 3. The standard InChI is InChI=1S/C19H22N4O5S/c1-12(24)21-15-6-4-5-14(9-15)11-20-19(26)17-10-16(22-13(2)25)7-8-18(17)23-29(3,27)28/h4-10,23H,11H2,1-3H3,(H,20,26)(H,21,24)(H,22,25). The van der Waals surface area contributed by atoms with Crippen LogP contribution in [0.2, 0.25) is 0 Å². The van der Waals surface area contributed by atoms with E-state index in [1.54, 1.807) is 24.3 Å². The van der Waals surface area contributed by atoms with Crippen molar-refractivity contribution in [3.05, 3.63) is 53.6 Å². The summed E-state index contributed by atoms with van der Waals surface area (Å²) >= 11 is 0. The van der Waals surface area contributed by atoms with Gasteiger partial charge in [0.1, 0.15) is 0 Å². The Bertz CT molecular complexity index is 1050. The van der Waals surface area contributed by atoms with E-state index in [0.717, 1.165) is 11.8 Å². The third kappa shape index (κ3) is 7.26. The number of hydrogen-bond acceptors (Lipinski definition) is 5. The van der Waals surface area contributed by atoms with Gasteiger partial charge in [-0.05, 0) is 35.9 Å². The number of amides is 3. The lowest BCUT2D eigenvalue weighted by Crippen LogP contribution is -2.25. The molecule has 0 radical (unpaired) electrons. The maximum Gasteiger partial charge on any atom is 0.253 e. The normalized spacial score (nSPS) is 10.7. The van der Waals surface area contributed by atoms with Crippen molar-refractivity contribution in [3.8, 4) is 0 Å². The van der Waals surface area contributed by atoms with Gasteiger partial charge in [-0.3, -0.25) is 19.1 Å². The molecule has 0 aliphatic heterocycles. The lowest BCUT2D eigenvalue weighted by atomic mass is 10.1. The van der Waals surface area contributed by atoms with Gasteiger partial charge in [-0.2, -0.15) is 0 Å². The number of hydrogen-bond donors (Lipinski definition) is 4. The first-order valence-corrected chi connectivity index (χ1v) is 10.5. The van der Waals surface area contributed by atoms with Gasteiger partial charge in [0.2, 0.25) is 21.8 Å². The second-order valence-corrected chi connectivity index (χ2v) is 8.13. The maximum atomic E-state index is 12.7. The van der Waals surface area contributed by atoms with E-state index in [1.807, 2.05) is 0 Å².